The standard InChI is InChI=1S/C15H17BrN2O4S/c1-21-12-5-3-10(14(8-12)22-2)9-18-23(19,20)15-7-11(17)4-6-13(15)16/h3-8,18H,9,17H2,1-2H3. The second-order valence-electron chi connectivity index (χ2n) is 4.69. The van der Waals surface area contributed by atoms with E-state index < -0.39 is 10.0 Å². The Balaban J connectivity index is 2.24. The van der Waals surface area contributed by atoms with Gasteiger partial charge in [0.1, 0.15) is 11.5 Å². The van der Waals surface area contributed by atoms with E-state index in [1.54, 1.807) is 37.4 Å². The van der Waals surface area contributed by atoms with Crippen LogP contribution >= 0.6 is 15.9 Å². The van der Waals surface area contributed by atoms with Crippen LogP contribution in [0.5, 0.6) is 11.5 Å². The summed E-state index contributed by atoms with van der Waals surface area (Å²) < 4.78 is 38.2. The highest BCUT2D eigenvalue weighted by Gasteiger charge is 2.18. The molecule has 0 aliphatic rings. The first-order valence-electron chi connectivity index (χ1n) is 6.63. The van der Waals surface area contributed by atoms with Crippen molar-refractivity contribution < 1.29 is 17.9 Å². The van der Waals surface area contributed by atoms with Crippen LogP contribution in [-0.4, -0.2) is 22.6 Å². The molecular weight excluding hydrogens is 384 g/mol. The Kier molecular flexibility index (Phi) is 5.51. The molecule has 0 heterocycles. The summed E-state index contributed by atoms with van der Waals surface area (Å²) in [5.74, 6) is 1.17. The maximum Gasteiger partial charge on any atom is 0.242 e. The van der Waals surface area contributed by atoms with Crippen molar-refractivity contribution in [3.63, 3.8) is 0 Å². The predicted molar refractivity (Wildman–Crippen MR) is 92.1 cm³/mol. The molecule has 0 aromatic heterocycles. The quantitative estimate of drug-likeness (QED) is 0.726. The molecule has 0 amide bonds. The minimum atomic E-state index is -3.72. The van der Waals surface area contributed by atoms with Crippen molar-refractivity contribution in [2.45, 2.75) is 11.4 Å². The molecule has 3 N–H and O–H groups in total. The van der Waals surface area contributed by atoms with Crippen LogP contribution in [-0.2, 0) is 16.6 Å². The van der Waals surface area contributed by atoms with E-state index in [1.807, 2.05) is 0 Å². The SMILES string of the molecule is COc1ccc(CNS(=O)(=O)c2cc(N)ccc2Br)c(OC)c1. The smallest absolute Gasteiger partial charge is 0.242 e. The van der Waals surface area contributed by atoms with E-state index in [0.29, 0.717) is 27.2 Å². The Labute approximate surface area is 143 Å². The molecular formula is C15H17BrN2O4S. The minimum absolute atomic E-state index is 0.0801. The summed E-state index contributed by atoms with van der Waals surface area (Å²) in [5.41, 5.74) is 6.72. The van der Waals surface area contributed by atoms with E-state index in [-0.39, 0.29) is 11.4 Å². The van der Waals surface area contributed by atoms with Gasteiger partial charge in [0, 0.05) is 28.3 Å². The molecule has 0 saturated carbocycles. The Morgan fingerprint density at radius 3 is 2.52 bits per heavy atom. The summed E-state index contributed by atoms with van der Waals surface area (Å²) in [5, 5.41) is 0. The Bertz CT molecular complexity index is 809. The molecule has 6 nitrogen and oxygen atoms in total. The molecule has 0 bridgehead atoms. The van der Waals surface area contributed by atoms with Gasteiger partial charge in [-0.15, -0.1) is 0 Å². The van der Waals surface area contributed by atoms with Crippen LogP contribution in [0.4, 0.5) is 5.69 Å². The predicted octanol–water partition coefficient (Wildman–Crippen LogP) is 2.53. The fraction of sp³-hybridized carbons (Fsp3) is 0.200. The zero-order valence-corrected chi connectivity index (χ0v) is 15.1. The van der Waals surface area contributed by atoms with E-state index in [2.05, 4.69) is 20.7 Å². The number of sulfonamides is 1. The zero-order chi connectivity index (χ0) is 17.0. The molecule has 0 unspecified atom stereocenters. The number of benzene rings is 2. The fourth-order valence-corrected chi connectivity index (χ4v) is 3.98. The lowest BCUT2D eigenvalue weighted by atomic mass is 10.2. The first kappa shape index (κ1) is 17.6. The molecule has 0 radical (unpaired) electrons. The molecule has 2 rings (SSSR count). The van der Waals surface area contributed by atoms with Crippen molar-refractivity contribution in [1.82, 2.24) is 4.72 Å². The summed E-state index contributed by atoms with van der Waals surface area (Å²) in [7, 11) is -0.651. The van der Waals surface area contributed by atoms with Crippen molar-refractivity contribution in [3.05, 3.63) is 46.4 Å². The first-order valence-corrected chi connectivity index (χ1v) is 8.90. The van der Waals surface area contributed by atoms with Gasteiger partial charge in [-0.2, -0.15) is 0 Å². The van der Waals surface area contributed by atoms with E-state index in [4.69, 9.17) is 15.2 Å². The Hall–Kier alpha value is -1.77. The molecule has 0 spiro atoms. The molecule has 0 aliphatic carbocycles. The third kappa shape index (κ3) is 4.15. The van der Waals surface area contributed by atoms with Gasteiger partial charge < -0.3 is 15.2 Å². The number of nitrogens with two attached hydrogens (primary N) is 1. The number of halogens is 1. The Morgan fingerprint density at radius 1 is 1.13 bits per heavy atom. The molecule has 0 aliphatic heterocycles. The summed E-state index contributed by atoms with van der Waals surface area (Å²) in [6.07, 6.45) is 0. The number of anilines is 1. The van der Waals surface area contributed by atoms with Crippen LogP contribution in [0.3, 0.4) is 0 Å². The second-order valence-corrected chi connectivity index (χ2v) is 7.28. The number of hydrogen-bond acceptors (Lipinski definition) is 5. The van der Waals surface area contributed by atoms with Crippen LogP contribution in [0.15, 0.2) is 45.8 Å². The van der Waals surface area contributed by atoms with Gasteiger partial charge >= 0.3 is 0 Å². The summed E-state index contributed by atoms with van der Waals surface area (Å²) in [4.78, 5) is 0.0879. The molecule has 23 heavy (non-hydrogen) atoms. The molecule has 2 aromatic rings. The second kappa shape index (κ2) is 7.20. The maximum atomic E-state index is 12.4. The van der Waals surface area contributed by atoms with Crippen molar-refractivity contribution in [2.24, 2.45) is 0 Å². The number of hydrogen-bond donors (Lipinski definition) is 2. The topological polar surface area (TPSA) is 90.7 Å². The summed E-state index contributed by atoms with van der Waals surface area (Å²) >= 11 is 3.22. The minimum Gasteiger partial charge on any atom is -0.497 e. The maximum absolute atomic E-state index is 12.4. The van der Waals surface area contributed by atoms with Gasteiger partial charge in [0.05, 0.1) is 19.1 Å². The lowest BCUT2D eigenvalue weighted by Gasteiger charge is -2.12. The highest BCUT2D eigenvalue weighted by atomic mass is 79.9. The molecule has 8 heteroatoms. The molecule has 0 fully saturated rings. The number of ether oxygens (including phenoxy) is 2. The number of methoxy groups -OCH3 is 2. The highest BCUT2D eigenvalue weighted by Crippen LogP contribution is 2.27. The normalized spacial score (nSPS) is 11.3. The number of rotatable bonds is 6. The highest BCUT2D eigenvalue weighted by molar-refractivity contribution is 9.10. The van der Waals surface area contributed by atoms with Crippen LogP contribution in [0.2, 0.25) is 0 Å². The van der Waals surface area contributed by atoms with Gasteiger partial charge in [0.25, 0.3) is 0 Å². The lowest BCUT2D eigenvalue weighted by molar-refractivity contribution is 0.390. The van der Waals surface area contributed by atoms with Crippen molar-refractivity contribution >= 4 is 31.6 Å². The summed E-state index contributed by atoms with van der Waals surface area (Å²) in [6, 6.07) is 9.79. The van der Waals surface area contributed by atoms with E-state index >= 15 is 0 Å². The molecule has 0 atom stereocenters. The van der Waals surface area contributed by atoms with Crippen LogP contribution in [0.25, 0.3) is 0 Å². The number of nitrogens with one attached hydrogen (secondary N) is 1. The van der Waals surface area contributed by atoms with Gasteiger partial charge in [-0.25, -0.2) is 13.1 Å². The van der Waals surface area contributed by atoms with Crippen molar-refractivity contribution in [3.8, 4) is 11.5 Å². The largest absolute Gasteiger partial charge is 0.497 e. The van der Waals surface area contributed by atoms with Crippen LogP contribution in [0, 0.1) is 0 Å². The first-order chi connectivity index (χ1) is 10.9. The van der Waals surface area contributed by atoms with Gasteiger partial charge in [-0.05, 0) is 40.2 Å². The Morgan fingerprint density at radius 2 is 1.87 bits per heavy atom. The van der Waals surface area contributed by atoms with Gasteiger partial charge in [0.2, 0.25) is 10.0 Å². The zero-order valence-electron chi connectivity index (χ0n) is 12.7. The van der Waals surface area contributed by atoms with Gasteiger partial charge in [-0.1, -0.05) is 6.07 Å². The van der Waals surface area contributed by atoms with E-state index in [9.17, 15) is 8.42 Å². The third-order valence-corrected chi connectivity index (χ3v) is 5.59. The summed E-state index contributed by atoms with van der Waals surface area (Å²) in [6.45, 7) is 0.0801. The lowest BCUT2D eigenvalue weighted by Crippen LogP contribution is -2.24. The molecule has 0 saturated heterocycles. The third-order valence-electron chi connectivity index (χ3n) is 3.19. The fourth-order valence-electron chi connectivity index (χ4n) is 1.97. The van der Waals surface area contributed by atoms with Gasteiger partial charge in [-0.3, -0.25) is 0 Å². The van der Waals surface area contributed by atoms with E-state index in [1.165, 1.54) is 13.2 Å². The van der Waals surface area contributed by atoms with Crippen molar-refractivity contribution in [2.75, 3.05) is 20.0 Å². The van der Waals surface area contributed by atoms with Crippen LogP contribution in [0.1, 0.15) is 5.56 Å². The van der Waals surface area contributed by atoms with E-state index in [0.717, 1.165) is 0 Å². The average molecular weight is 401 g/mol. The number of nitrogen functional groups attached to an aromatic ring is 1. The molecule has 2 aromatic carbocycles. The van der Waals surface area contributed by atoms with Gasteiger partial charge in [0.15, 0.2) is 0 Å². The monoisotopic (exact) mass is 400 g/mol. The van der Waals surface area contributed by atoms with Crippen LogP contribution < -0.4 is 19.9 Å². The average Bonchev–Trinajstić information content (AvgIpc) is 2.54. The molecule has 124 valence electrons. The van der Waals surface area contributed by atoms with Crippen molar-refractivity contribution in [1.29, 1.82) is 0 Å².